The molecular weight excluding hydrogens is 306 g/mol. The summed E-state index contributed by atoms with van der Waals surface area (Å²) < 4.78 is 13.0. The van der Waals surface area contributed by atoms with Crippen LogP contribution in [0.5, 0.6) is 11.5 Å². The van der Waals surface area contributed by atoms with Crippen LogP contribution in [0.2, 0.25) is 0 Å². The number of hydrogen-bond acceptors (Lipinski definition) is 6. The molecule has 0 bridgehead atoms. The zero-order chi connectivity index (χ0) is 16.5. The maximum absolute atomic E-state index is 5.68. The zero-order valence-electron chi connectivity index (χ0n) is 13.8. The van der Waals surface area contributed by atoms with E-state index in [1.54, 1.807) is 11.0 Å². The van der Waals surface area contributed by atoms with Gasteiger partial charge >= 0.3 is 0 Å². The van der Waals surface area contributed by atoms with Gasteiger partial charge in [0.2, 0.25) is 0 Å². The van der Waals surface area contributed by atoms with Gasteiger partial charge in [0.25, 0.3) is 0 Å². The largest absolute Gasteiger partial charge is 0.486 e. The van der Waals surface area contributed by atoms with Crippen LogP contribution >= 0.6 is 0 Å². The van der Waals surface area contributed by atoms with E-state index in [0.717, 1.165) is 47.0 Å². The SMILES string of the molecule is CCN(Cc1ccc2c(c1)OCCO2)c1ncnc2c1cnn2C. The molecular formula is C17H19N5O2. The van der Waals surface area contributed by atoms with Crippen LogP contribution in [0.15, 0.2) is 30.7 Å². The van der Waals surface area contributed by atoms with Gasteiger partial charge in [-0.15, -0.1) is 0 Å². The van der Waals surface area contributed by atoms with Crippen LogP contribution in [0.1, 0.15) is 12.5 Å². The van der Waals surface area contributed by atoms with Crippen LogP contribution in [-0.4, -0.2) is 39.5 Å². The van der Waals surface area contributed by atoms with Crippen molar-refractivity contribution in [3.63, 3.8) is 0 Å². The number of aromatic nitrogens is 4. The Bertz CT molecular complexity index is 877. The summed E-state index contributed by atoms with van der Waals surface area (Å²) in [4.78, 5) is 11.0. The van der Waals surface area contributed by atoms with E-state index in [9.17, 15) is 0 Å². The monoisotopic (exact) mass is 325 g/mol. The van der Waals surface area contributed by atoms with Crippen LogP contribution < -0.4 is 14.4 Å². The molecule has 0 saturated heterocycles. The molecule has 1 aromatic carbocycles. The van der Waals surface area contributed by atoms with Crippen LogP contribution in [-0.2, 0) is 13.6 Å². The third kappa shape index (κ3) is 2.51. The van der Waals surface area contributed by atoms with Gasteiger partial charge < -0.3 is 14.4 Å². The average molecular weight is 325 g/mol. The van der Waals surface area contributed by atoms with Gasteiger partial charge in [-0.05, 0) is 24.6 Å². The summed E-state index contributed by atoms with van der Waals surface area (Å²) in [5.74, 6) is 2.51. The molecule has 7 heteroatoms. The lowest BCUT2D eigenvalue weighted by Gasteiger charge is -2.24. The Balaban J connectivity index is 1.66. The standard InChI is InChI=1S/C17H19N5O2/c1-3-22(17-13-9-20-21(2)16(13)18-11-19-17)10-12-4-5-14-15(8-12)24-7-6-23-14/h4-5,8-9,11H,3,6-7,10H2,1-2H3. The van der Waals surface area contributed by atoms with Gasteiger partial charge in [0, 0.05) is 20.1 Å². The third-order valence-electron chi connectivity index (χ3n) is 4.17. The fraction of sp³-hybridized carbons (Fsp3) is 0.353. The summed E-state index contributed by atoms with van der Waals surface area (Å²) in [7, 11) is 1.89. The van der Waals surface area contributed by atoms with Gasteiger partial charge in [0.05, 0.1) is 11.6 Å². The maximum atomic E-state index is 5.68. The van der Waals surface area contributed by atoms with E-state index in [0.29, 0.717) is 13.2 Å². The zero-order valence-corrected chi connectivity index (χ0v) is 13.8. The second-order valence-corrected chi connectivity index (χ2v) is 5.69. The van der Waals surface area contributed by atoms with E-state index < -0.39 is 0 Å². The van der Waals surface area contributed by atoms with Crippen molar-refractivity contribution in [2.45, 2.75) is 13.5 Å². The summed E-state index contributed by atoms with van der Waals surface area (Å²) in [5, 5.41) is 5.25. The van der Waals surface area contributed by atoms with Gasteiger partial charge in [0.1, 0.15) is 25.4 Å². The van der Waals surface area contributed by atoms with Crippen molar-refractivity contribution in [1.82, 2.24) is 19.7 Å². The number of aryl methyl sites for hydroxylation is 1. The van der Waals surface area contributed by atoms with E-state index >= 15 is 0 Å². The Labute approximate surface area is 139 Å². The minimum atomic E-state index is 0.593. The van der Waals surface area contributed by atoms with Crippen molar-refractivity contribution in [1.29, 1.82) is 0 Å². The topological polar surface area (TPSA) is 65.3 Å². The third-order valence-corrected chi connectivity index (χ3v) is 4.17. The number of hydrogen-bond donors (Lipinski definition) is 0. The van der Waals surface area contributed by atoms with Gasteiger partial charge in [-0.1, -0.05) is 6.07 Å². The molecule has 0 fully saturated rings. The van der Waals surface area contributed by atoms with E-state index in [-0.39, 0.29) is 0 Å². The molecule has 4 rings (SSSR count). The number of rotatable bonds is 4. The molecule has 0 unspecified atom stereocenters. The van der Waals surface area contributed by atoms with Crippen molar-refractivity contribution in [3.05, 3.63) is 36.3 Å². The minimum Gasteiger partial charge on any atom is -0.486 e. The number of nitrogens with zero attached hydrogens (tertiary/aromatic N) is 5. The summed E-state index contributed by atoms with van der Waals surface area (Å²) in [6, 6.07) is 6.08. The summed E-state index contributed by atoms with van der Waals surface area (Å²) in [6.45, 7) is 4.87. The van der Waals surface area contributed by atoms with E-state index in [1.807, 2.05) is 25.4 Å². The van der Waals surface area contributed by atoms with E-state index in [4.69, 9.17) is 9.47 Å². The first-order valence-electron chi connectivity index (χ1n) is 8.02. The molecule has 0 atom stereocenters. The molecule has 0 amide bonds. The second-order valence-electron chi connectivity index (χ2n) is 5.69. The van der Waals surface area contributed by atoms with E-state index in [2.05, 4.69) is 33.0 Å². The van der Waals surface area contributed by atoms with Crippen LogP contribution in [0.4, 0.5) is 5.82 Å². The molecule has 0 saturated carbocycles. The minimum absolute atomic E-state index is 0.593. The van der Waals surface area contributed by atoms with Gasteiger partial charge in [-0.3, -0.25) is 4.68 Å². The Morgan fingerprint density at radius 3 is 2.83 bits per heavy atom. The first kappa shape index (κ1) is 14.7. The molecule has 7 nitrogen and oxygen atoms in total. The normalized spacial score (nSPS) is 13.2. The van der Waals surface area contributed by atoms with Crippen LogP contribution in [0, 0.1) is 0 Å². The first-order chi connectivity index (χ1) is 11.8. The second kappa shape index (κ2) is 5.99. The number of fused-ring (bicyclic) bond motifs is 2. The lowest BCUT2D eigenvalue weighted by molar-refractivity contribution is 0.171. The highest BCUT2D eigenvalue weighted by Gasteiger charge is 2.16. The molecule has 0 radical (unpaired) electrons. The van der Waals surface area contributed by atoms with Crippen LogP contribution in [0.3, 0.4) is 0 Å². The lowest BCUT2D eigenvalue weighted by atomic mass is 10.1. The molecule has 1 aliphatic rings. The highest BCUT2D eigenvalue weighted by atomic mass is 16.6. The van der Waals surface area contributed by atoms with Crippen LogP contribution in [0.25, 0.3) is 11.0 Å². The maximum Gasteiger partial charge on any atom is 0.163 e. The highest BCUT2D eigenvalue weighted by molar-refractivity contribution is 5.86. The summed E-state index contributed by atoms with van der Waals surface area (Å²) in [6.07, 6.45) is 3.41. The van der Waals surface area contributed by atoms with Crippen molar-refractivity contribution >= 4 is 16.9 Å². The smallest absolute Gasteiger partial charge is 0.163 e. The summed E-state index contributed by atoms with van der Waals surface area (Å²) >= 11 is 0. The van der Waals surface area contributed by atoms with Gasteiger partial charge in [0.15, 0.2) is 17.1 Å². The first-order valence-corrected chi connectivity index (χ1v) is 8.02. The average Bonchev–Trinajstić information content (AvgIpc) is 3.01. The fourth-order valence-electron chi connectivity index (χ4n) is 2.94. The number of benzene rings is 1. The molecule has 3 aromatic rings. The molecule has 3 heterocycles. The van der Waals surface area contributed by atoms with Crippen molar-refractivity contribution < 1.29 is 9.47 Å². The Morgan fingerprint density at radius 2 is 2.00 bits per heavy atom. The van der Waals surface area contributed by atoms with Crippen molar-refractivity contribution in [3.8, 4) is 11.5 Å². The predicted octanol–water partition coefficient (Wildman–Crippen LogP) is 2.16. The Morgan fingerprint density at radius 1 is 1.17 bits per heavy atom. The molecule has 0 spiro atoms. The quantitative estimate of drug-likeness (QED) is 0.732. The highest BCUT2D eigenvalue weighted by Crippen LogP contribution is 2.32. The number of anilines is 1. The molecule has 0 aliphatic carbocycles. The lowest BCUT2D eigenvalue weighted by Crippen LogP contribution is -2.23. The van der Waals surface area contributed by atoms with Gasteiger partial charge in [-0.2, -0.15) is 5.10 Å². The number of ether oxygens (including phenoxy) is 2. The molecule has 24 heavy (non-hydrogen) atoms. The van der Waals surface area contributed by atoms with Crippen molar-refractivity contribution in [2.75, 3.05) is 24.7 Å². The molecule has 0 N–H and O–H groups in total. The summed E-state index contributed by atoms with van der Waals surface area (Å²) in [5.41, 5.74) is 1.98. The molecule has 124 valence electrons. The molecule has 2 aromatic heterocycles. The predicted molar refractivity (Wildman–Crippen MR) is 90.5 cm³/mol. The van der Waals surface area contributed by atoms with E-state index in [1.165, 1.54) is 0 Å². The van der Waals surface area contributed by atoms with Crippen molar-refractivity contribution in [2.24, 2.45) is 7.05 Å². The Kier molecular flexibility index (Phi) is 3.68. The molecule has 1 aliphatic heterocycles. The Hall–Kier alpha value is -2.83. The fourth-order valence-corrected chi connectivity index (χ4v) is 2.94. The van der Waals surface area contributed by atoms with Gasteiger partial charge in [-0.25, -0.2) is 9.97 Å².